The van der Waals surface area contributed by atoms with Crippen LogP contribution in [0.4, 0.5) is 0 Å². The van der Waals surface area contributed by atoms with Gasteiger partial charge in [-0.1, -0.05) is 26.2 Å². The first-order valence-corrected chi connectivity index (χ1v) is 7.75. The highest BCUT2D eigenvalue weighted by atomic mass is 16.5. The first-order valence-electron chi connectivity index (χ1n) is 7.75. The van der Waals surface area contributed by atoms with Gasteiger partial charge in [-0.2, -0.15) is 0 Å². The third kappa shape index (κ3) is 5.91. The lowest BCUT2D eigenvalue weighted by Crippen LogP contribution is -2.53. The van der Waals surface area contributed by atoms with Crippen LogP contribution in [0.1, 0.15) is 65.2 Å². The van der Waals surface area contributed by atoms with Crippen molar-refractivity contribution in [1.29, 1.82) is 0 Å². The van der Waals surface area contributed by atoms with Gasteiger partial charge < -0.3 is 15.8 Å². The summed E-state index contributed by atoms with van der Waals surface area (Å²) in [5.41, 5.74) is 4.90. The molecule has 0 aromatic heterocycles. The van der Waals surface area contributed by atoms with E-state index in [2.05, 4.69) is 12.2 Å². The average molecular weight is 270 g/mol. The van der Waals surface area contributed by atoms with E-state index in [1.807, 2.05) is 6.92 Å². The molecule has 1 unspecified atom stereocenters. The second-order valence-corrected chi connectivity index (χ2v) is 5.86. The maximum absolute atomic E-state index is 11.5. The molecule has 4 nitrogen and oxygen atoms in total. The minimum atomic E-state index is -0.591. The van der Waals surface area contributed by atoms with Crippen LogP contribution >= 0.6 is 0 Å². The lowest BCUT2D eigenvalue weighted by atomic mass is 9.94. The minimum Gasteiger partial charge on any atom is -0.378 e. The number of carbonyl (C=O) groups excluding carboxylic acids is 1. The number of primary amides is 1. The molecule has 1 aliphatic carbocycles. The fourth-order valence-electron chi connectivity index (χ4n) is 2.61. The molecule has 3 N–H and O–H groups in total. The van der Waals surface area contributed by atoms with Crippen molar-refractivity contribution in [2.45, 2.75) is 76.9 Å². The standard InChI is InChI=1S/C15H30N2O2/c1-3-11-17-15(2,14(16)18)10-7-12-19-13-8-5-4-6-9-13/h13,17H,3-12H2,1-2H3,(H2,16,18). The Morgan fingerprint density at radius 3 is 2.63 bits per heavy atom. The van der Waals surface area contributed by atoms with E-state index < -0.39 is 5.54 Å². The molecule has 0 radical (unpaired) electrons. The van der Waals surface area contributed by atoms with Gasteiger partial charge in [-0.25, -0.2) is 0 Å². The molecule has 0 aliphatic heterocycles. The summed E-state index contributed by atoms with van der Waals surface area (Å²) >= 11 is 0. The summed E-state index contributed by atoms with van der Waals surface area (Å²) in [5, 5.41) is 3.25. The number of nitrogens with one attached hydrogen (secondary N) is 1. The summed E-state index contributed by atoms with van der Waals surface area (Å²) < 4.78 is 5.88. The summed E-state index contributed by atoms with van der Waals surface area (Å²) in [7, 11) is 0. The van der Waals surface area contributed by atoms with E-state index in [-0.39, 0.29) is 5.91 Å². The number of hydrogen-bond acceptors (Lipinski definition) is 3. The molecule has 0 aromatic rings. The zero-order valence-corrected chi connectivity index (χ0v) is 12.5. The first-order chi connectivity index (χ1) is 9.08. The molecular formula is C15H30N2O2. The van der Waals surface area contributed by atoms with Gasteiger partial charge in [0, 0.05) is 6.61 Å². The highest BCUT2D eigenvalue weighted by Gasteiger charge is 2.29. The molecule has 1 aliphatic rings. The Morgan fingerprint density at radius 1 is 1.37 bits per heavy atom. The molecule has 1 rings (SSSR count). The van der Waals surface area contributed by atoms with E-state index in [4.69, 9.17) is 10.5 Å². The lowest BCUT2D eigenvalue weighted by Gasteiger charge is -2.28. The number of nitrogens with two attached hydrogens (primary N) is 1. The molecule has 1 saturated carbocycles. The van der Waals surface area contributed by atoms with Crippen molar-refractivity contribution >= 4 is 5.91 Å². The normalized spacial score (nSPS) is 20.1. The molecular weight excluding hydrogens is 240 g/mol. The summed E-state index contributed by atoms with van der Waals surface area (Å²) in [4.78, 5) is 11.5. The molecule has 0 spiro atoms. The van der Waals surface area contributed by atoms with Crippen molar-refractivity contribution in [3.05, 3.63) is 0 Å². The molecule has 19 heavy (non-hydrogen) atoms. The Balaban J connectivity index is 2.22. The second kappa shape index (κ2) is 8.54. The highest BCUT2D eigenvalue weighted by molar-refractivity contribution is 5.84. The van der Waals surface area contributed by atoms with Gasteiger partial charge in [0.1, 0.15) is 0 Å². The van der Waals surface area contributed by atoms with Gasteiger partial charge in [-0.05, 0) is 45.6 Å². The quantitative estimate of drug-likeness (QED) is 0.632. The average Bonchev–Trinajstić information content (AvgIpc) is 2.42. The van der Waals surface area contributed by atoms with E-state index in [9.17, 15) is 4.79 Å². The molecule has 4 heteroatoms. The van der Waals surface area contributed by atoms with E-state index in [1.54, 1.807) is 0 Å². The monoisotopic (exact) mass is 270 g/mol. The number of carbonyl (C=O) groups is 1. The number of rotatable bonds is 9. The molecule has 0 saturated heterocycles. The number of amides is 1. The van der Waals surface area contributed by atoms with Crippen LogP contribution in [0.2, 0.25) is 0 Å². The predicted octanol–water partition coefficient (Wildman–Crippen LogP) is 2.36. The predicted molar refractivity (Wildman–Crippen MR) is 78.0 cm³/mol. The van der Waals surface area contributed by atoms with Crippen molar-refractivity contribution in [2.75, 3.05) is 13.2 Å². The van der Waals surface area contributed by atoms with Gasteiger partial charge in [0.05, 0.1) is 11.6 Å². The van der Waals surface area contributed by atoms with Crippen LogP contribution < -0.4 is 11.1 Å². The van der Waals surface area contributed by atoms with Crippen LogP contribution in [0.5, 0.6) is 0 Å². The zero-order valence-electron chi connectivity index (χ0n) is 12.5. The molecule has 112 valence electrons. The van der Waals surface area contributed by atoms with Gasteiger partial charge in [-0.15, -0.1) is 0 Å². The minimum absolute atomic E-state index is 0.265. The van der Waals surface area contributed by atoms with Crippen LogP contribution in [0.15, 0.2) is 0 Å². The topological polar surface area (TPSA) is 64.3 Å². The van der Waals surface area contributed by atoms with Crippen LogP contribution in [-0.4, -0.2) is 30.7 Å². The van der Waals surface area contributed by atoms with Crippen LogP contribution in [0, 0.1) is 0 Å². The van der Waals surface area contributed by atoms with Crippen molar-refractivity contribution in [1.82, 2.24) is 5.32 Å². The largest absolute Gasteiger partial charge is 0.378 e. The molecule has 1 amide bonds. The zero-order chi connectivity index (χ0) is 14.1. The van der Waals surface area contributed by atoms with Crippen molar-refractivity contribution in [3.63, 3.8) is 0 Å². The Hall–Kier alpha value is -0.610. The molecule has 1 fully saturated rings. The smallest absolute Gasteiger partial charge is 0.237 e. The van der Waals surface area contributed by atoms with Crippen LogP contribution in [-0.2, 0) is 9.53 Å². The van der Waals surface area contributed by atoms with Crippen molar-refractivity contribution in [2.24, 2.45) is 5.73 Å². The van der Waals surface area contributed by atoms with E-state index in [0.717, 1.165) is 32.4 Å². The van der Waals surface area contributed by atoms with Gasteiger partial charge >= 0.3 is 0 Å². The van der Waals surface area contributed by atoms with Gasteiger partial charge in [-0.3, -0.25) is 4.79 Å². The van der Waals surface area contributed by atoms with Crippen molar-refractivity contribution in [3.8, 4) is 0 Å². The SMILES string of the molecule is CCCNC(C)(CCCOC1CCCCC1)C(N)=O. The Bertz CT molecular complexity index is 265. The second-order valence-electron chi connectivity index (χ2n) is 5.86. The first kappa shape index (κ1) is 16.4. The Kier molecular flexibility index (Phi) is 7.39. The summed E-state index contributed by atoms with van der Waals surface area (Å²) in [6.07, 6.45) is 9.40. The maximum Gasteiger partial charge on any atom is 0.237 e. The molecule has 1 atom stereocenters. The lowest BCUT2D eigenvalue weighted by molar-refractivity contribution is -0.124. The van der Waals surface area contributed by atoms with Gasteiger partial charge in [0.25, 0.3) is 0 Å². The van der Waals surface area contributed by atoms with E-state index in [1.165, 1.54) is 32.1 Å². The third-order valence-electron chi connectivity index (χ3n) is 4.04. The van der Waals surface area contributed by atoms with Crippen LogP contribution in [0.3, 0.4) is 0 Å². The maximum atomic E-state index is 11.5. The molecule has 0 bridgehead atoms. The summed E-state index contributed by atoms with van der Waals surface area (Å²) in [5.74, 6) is -0.265. The Labute approximate surface area is 117 Å². The summed E-state index contributed by atoms with van der Waals surface area (Å²) in [6, 6.07) is 0. The van der Waals surface area contributed by atoms with E-state index in [0.29, 0.717) is 6.10 Å². The van der Waals surface area contributed by atoms with E-state index >= 15 is 0 Å². The Morgan fingerprint density at radius 2 is 2.05 bits per heavy atom. The highest BCUT2D eigenvalue weighted by Crippen LogP contribution is 2.21. The summed E-state index contributed by atoms with van der Waals surface area (Å²) in [6.45, 7) is 5.54. The van der Waals surface area contributed by atoms with Gasteiger partial charge in [0.15, 0.2) is 0 Å². The van der Waals surface area contributed by atoms with Crippen molar-refractivity contribution < 1.29 is 9.53 Å². The molecule has 0 heterocycles. The van der Waals surface area contributed by atoms with Gasteiger partial charge in [0.2, 0.25) is 5.91 Å². The number of ether oxygens (including phenoxy) is 1. The fraction of sp³-hybridized carbons (Fsp3) is 0.933. The molecule has 0 aromatic carbocycles. The number of hydrogen-bond donors (Lipinski definition) is 2. The van der Waals surface area contributed by atoms with Crippen LogP contribution in [0.25, 0.3) is 0 Å². The fourth-order valence-corrected chi connectivity index (χ4v) is 2.61. The third-order valence-corrected chi connectivity index (χ3v) is 4.04.